The van der Waals surface area contributed by atoms with E-state index in [1.54, 1.807) is 25.1 Å². The van der Waals surface area contributed by atoms with Crippen LogP contribution in [-0.4, -0.2) is 53.8 Å². The zero-order chi connectivity index (χ0) is 18.6. The number of halogens is 1. The first-order valence-electron chi connectivity index (χ1n) is 7.98. The molecule has 3 amide bonds. The van der Waals surface area contributed by atoms with Crippen LogP contribution in [0.3, 0.4) is 0 Å². The summed E-state index contributed by atoms with van der Waals surface area (Å²) in [6.45, 7) is 0. The summed E-state index contributed by atoms with van der Waals surface area (Å²) >= 11 is 5.71. The Bertz CT molecular complexity index is 650. The standard InChI is InChI=1S/C16H22ClN5O3/c1-22(2)16(25)9-3-5-12(11(18)7-9)20-14(23)15(24)21-13-6-4-10(17)8-19-13/h4,6,8-9,11-12H,3,5,7,18H2,1-2H3,(H,20,23)(H,19,21,24)/t9?,11-,12+/m1/s1. The van der Waals surface area contributed by atoms with E-state index in [2.05, 4.69) is 15.6 Å². The SMILES string of the molecule is CN(C)C(=O)C1CC[C@H](NC(=O)C(=O)Nc2ccc(Cl)cn2)[C@H](N)C1. The van der Waals surface area contributed by atoms with Gasteiger partial charge in [-0.25, -0.2) is 4.98 Å². The van der Waals surface area contributed by atoms with Gasteiger partial charge in [-0.3, -0.25) is 14.4 Å². The fourth-order valence-corrected chi connectivity index (χ4v) is 2.94. The van der Waals surface area contributed by atoms with Gasteiger partial charge in [0.05, 0.1) is 5.02 Å². The van der Waals surface area contributed by atoms with E-state index < -0.39 is 11.8 Å². The maximum absolute atomic E-state index is 12.0. The Balaban J connectivity index is 1.87. The normalized spacial score (nSPS) is 22.8. The van der Waals surface area contributed by atoms with Crippen molar-refractivity contribution in [2.24, 2.45) is 11.7 Å². The van der Waals surface area contributed by atoms with E-state index in [0.29, 0.717) is 24.3 Å². The van der Waals surface area contributed by atoms with Gasteiger partial charge in [-0.1, -0.05) is 11.6 Å². The van der Waals surface area contributed by atoms with E-state index in [9.17, 15) is 14.4 Å². The van der Waals surface area contributed by atoms with Crippen LogP contribution >= 0.6 is 11.6 Å². The van der Waals surface area contributed by atoms with Crippen molar-refractivity contribution < 1.29 is 14.4 Å². The van der Waals surface area contributed by atoms with Crippen LogP contribution in [0.4, 0.5) is 5.82 Å². The van der Waals surface area contributed by atoms with Crippen LogP contribution in [0.5, 0.6) is 0 Å². The predicted molar refractivity (Wildman–Crippen MR) is 93.8 cm³/mol. The highest BCUT2D eigenvalue weighted by molar-refractivity contribution is 6.39. The van der Waals surface area contributed by atoms with E-state index in [4.69, 9.17) is 17.3 Å². The Morgan fingerprint density at radius 3 is 2.52 bits per heavy atom. The van der Waals surface area contributed by atoms with Crippen molar-refractivity contribution in [3.8, 4) is 0 Å². The second-order valence-electron chi connectivity index (χ2n) is 6.30. The third-order valence-corrected chi connectivity index (χ3v) is 4.40. The third kappa shape index (κ3) is 5.14. The van der Waals surface area contributed by atoms with E-state index in [1.165, 1.54) is 12.3 Å². The number of hydrogen-bond donors (Lipinski definition) is 3. The molecule has 1 aromatic rings. The summed E-state index contributed by atoms with van der Waals surface area (Å²) in [7, 11) is 3.41. The molecule has 1 saturated carbocycles. The number of nitrogens with one attached hydrogen (secondary N) is 2. The number of aromatic nitrogens is 1. The van der Waals surface area contributed by atoms with Gasteiger partial charge in [0.15, 0.2) is 0 Å². The van der Waals surface area contributed by atoms with Crippen LogP contribution in [0.15, 0.2) is 18.3 Å². The smallest absolute Gasteiger partial charge is 0.314 e. The van der Waals surface area contributed by atoms with Gasteiger partial charge >= 0.3 is 11.8 Å². The molecule has 0 saturated heterocycles. The van der Waals surface area contributed by atoms with E-state index in [1.807, 2.05) is 0 Å². The summed E-state index contributed by atoms with van der Waals surface area (Å²) in [5.41, 5.74) is 6.08. The van der Waals surface area contributed by atoms with E-state index >= 15 is 0 Å². The molecule has 2 rings (SSSR count). The van der Waals surface area contributed by atoms with E-state index in [0.717, 1.165) is 0 Å². The molecule has 8 nitrogen and oxygen atoms in total. The van der Waals surface area contributed by atoms with Gasteiger partial charge in [0, 0.05) is 38.3 Å². The molecular formula is C16H22ClN5O3. The van der Waals surface area contributed by atoms with Crippen LogP contribution in [0.1, 0.15) is 19.3 Å². The van der Waals surface area contributed by atoms with Crippen molar-refractivity contribution >= 4 is 35.1 Å². The van der Waals surface area contributed by atoms with Crippen LogP contribution in [-0.2, 0) is 14.4 Å². The Morgan fingerprint density at radius 1 is 1.24 bits per heavy atom. The molecule has 1 fully saturated rings. The molecule has 4 N–H and O–H groups in total. The maximum atomic E-state index is 12.0. The minimum Gasteiger partial charge on any atom is -0.349 e. The molecule has 0 spiro atoms. The molecule has 1 aliphatic rings. The number of carbonyl (C=O) groups excluding carboxylic acids is 3. The molecule has 9 heteroatoms. The molecule has 0 aliphatic heterocycles. The Morgan fingerprint density at radius 2 is 1.96 bits per heavy atom. The lowest BCUT2D eigenvalue weighted by Crippen LogP contribution is -2.54. The number of anilines is 1. The fourth-order valence-electron chi connectivity index (χ4n) is 2.83. The van der Waals surface area contributed by atoms with Gasteiger partial charge in [0.2, 0.25) is 5.91 Å². The lowest BCUT2D eigenvalue weighted by atomic mass is 9.82. The highest BCUT2D eigenvalue weighted by Crippen LogP contribution is 2.25. The van der Waals surface area contributed by atoms with Gasteiger partial charge in [-0.05, 0) is 31.4 Å². The molecule has 1 heterocycles. The average Bonchev–Trinajstić information content (AvgIpc) is 2.57. The second-order valence-corrected chi connectivity index (χ2v) is 6.74. The van der Waals surface area contributed by atoms with Crippen LogP contribution in [0.25, 0.3) is 0 Å². The average molecular weight is 368 g/mol. The number of hydrogen-bond acceptors (Lipinski definition) is 5. The number of amides is 3. The van der Waals surface area contributed by atoms with Crippen molar-refractivity contribution in [1.29, 1.82) is 0 Å². The van der Waals surface area contributed by atoms with Crippen molar-refractivity contribution in [3.05, 3.63) is 23.4 Å². The predicted octanol–water partition coefficient (Wildman–Crippen LogP) is 0.374. The molecule has 1 aromatic heterocycles. The Hall–Kier alpha value is -2.19. The van der Waals surface area contributed by atoms with Gasteiger partial charge in [0.25, 0.3) is 0 Å². The third-order valence-electron chi connectivity index (χ3n) is 4.18. The molecule has 1 aliphatic carbocycles. The topological polar surface area (TPSA) is 117 Å². The summed E-state index contributed by atoms with van der Waals surface area (Å²) in [5.74, 6) is -1.49. The van der Waals surface area contributed by atoms with Gasteiger partial charge in [-0.2, -0.15) is 0 Å². The van der Waals surface area contributed by atoms with Gasteiger partial charge in [-0.15, -0.1) is 0 Å². The second kappa shape index (κ2) is 8.26. The number of rotatable bonds is 3. The minimum absolute atomic E-state index is 0.0341. The monoisotopic (exact) mass is 367 g/mol. The summed E-state index contributed by atoms with van der Waals surface area (Å²) in [4.78, 5) is 41.4. The lowest BCUT2D eigenvalue weighted by Gasteiger charge is -2.34. The van der Waals surface area contributed by atoms with Gasteiger partial charge < -0.3 is 21.3 Å². The molecule has 1 unspecified atom stereocenters. The van der Waals surface area contributed by atoms with Crippen molar-refractivity contribution in [1.82, 2.24) is 15.2 Å². The first-order valence-corrected chi connectivity index (χ1v) is 8.36. The van der Waals surface area contributed by atoms with Gasteiger partial charge in [0.1, 0.15) is 5.82 Å². The highest BCUT2D eigenvalue weighted by atomic mass is 35.5. The molecule has 25 heavy (non-hydrogen) atoms. The summed E-state index contributed by atoms with van der Waals surface area (Å²) < 4.78 is 0. The fraction of sp³-hybridized carbons (Fsp3) is 0.500. The molecular weight excluding hydrogens is 346 g/mol. The number of nitrogens with zero attached hydrogens (tertiary/aromatic N) is 2. The summed E-state index contributed by atoms with van der Waals surface area (Å²) in [6, 6.07) is 2.33. The zero-order valence-corrected chi connectivity index (χ0v) is 14.9. The zero-order valence-electron chi connectivity index (χ0n) is 14.2. The molecule has 3 atom stereocenters. The summed E-state index contributed by atoms with van der Waals surface area (Å²) in [6.07, 6.45) is 3.01. The highest BCUT2D eigenvalue weighted by Gasteiger charge is 2.34. The number of pyridine rings is 1. The molecule has 0 aromatic carbocycles. The Kier molecular flexibility index (Phi) is 6.33. The van der Waals surface area contributed by atoms with Crippen LogP contribution in [0.2, 0.25) is 5.02 Å². The van der Waals surface area contributed by atoms with Crippen LogP contribution < -0.4 is 16.4 Å². The number of carbonyl (C=O) groups is 3. The lowest BCUT2D eigenvalue weighted by molar-refractivity contribution is -0.137. The first kappa shape index (κ1) is 19.1. The molecule has 0 bridgehead atoms. The number of nitrogens with two attached hydrogens (primary N) is 1. The van der Waals surface area contributed by atoms with Crippen molar-refractivity contribution in [2.45, 2.75) is 31.3 Å². The van der Waals surface area contributed by atoms with E-state index in [-0.39, 0.29) is 29.7 Å². The largest absolute Gasteiger partial charge is 0.349 e. The first-order chi connectivity index (χ1) is 11.8. The maximum Gasteiger partial charge on any atom is 0.314 e. The van der Waals surface area contributed by atoms with Crippen molar-refractivity contribution in [2.75, 3.05) is 19.4 Å². The Labute approximate surface area is 151 Å². The quantitative estimate of drug-likeness (QED) is 0.667. The van der Waals surface area contributed by atoms with Crippen molar-refractivity contribution in [3.63, 3.8) is 0 Å². The summed E-state index contributed by atoms with van der Waals surface area (Å²) in [5, 5.41) is 5.46. The van der Waals surface area contributed by atoms with Crippen LogP contribution in [0, 0.1) is 5.92 Å². The molecule has 136 valence electrons. The minimum atomic E-state index is -0.825. The molecule has 0 radical (unpaired) electrons.